The number of esters is 2. The van der Waals surface area contributed by atoms with Crippen molar-refractivity contribution in [2.24, 2.45) is 5.73 Å². The van der Waals surface area contributed by atoms with Gasteiger partial charge in [-0.2, -0.15) is 0 Å². The zero-order valence-corrected chi connectivity index (χ0v) is 36.3. The van der Waals surface area contributed by atoms with E-state index in [4.69, 9.17) is 24.3 Å². The first-order chi connectivity index (χ1) is 26.8. The van der Waals surface area contributed by atoms with Gasteiger partial charge in [0.2, 0.25) is 0 Å². The highest BCUT2D eigenvalue weighted by Crippen LogP contribution is 2.43. The van der Waals surface area contributed by atoms with Crippen molar-refractivity contribution in [3.63, 3.8) is 0 Å². The van der Waals surface area contributed by atoms with Crippen LogP contribution in [0.15, 0.2) is 36.5 Å². The Morgan fingerprint density at radius 2 is 0.945 bits per heavy atom. The summed E-state index contributed by atoms with van der Waals surface area (Å²) in [6.45, 7) is 3.70. The molecule has 0 aliphatic rings. The van der Waals surface area contributed by atoms with E-state index in [9.17, 15) is 19.0 Å². The molecule has 0 fully saturated rings. The zero-order valence-electron chi connectivity index (χ0n) is 35.4. The molecule has 0 bridgehead atoms. The van der Waals surface area contributed by atoms with Crippen LogP contribution in [0.3, 0.4) is 0 Å². The summed E-state index contributed by atoms with van der Waals surface area (Å²) in [5.41, 5.74) is 5.35. The van der Waals surface area contributed by atoms with Gasteiger partial charge in [-0.15, -0.1) is 0 Å². The van der Waals surface area contributed by atoms with Gasteiger partial charge in [-0.3, -0.25) is 18.6 Å². The number of rotatable bonds is 42. The molecule has 0 heterocycles. The summed E-state index contributed by atoms with van der Waals surface area (Å²) < 4.78 is 32.8. The average Bonchev–Trinajstić information content (AvgIpc) is 3.17. The Bertz CT molecular complexity index is 1000. The van der Waals surface area contributed by atoms with Crippen molar-refractivity contribution in [3.8, 4) is 0 Å². The molecule has 0 aromatic carbocycles. The lowest BCUT2D eigenvalue weighted by atomic mass is 10.1. The van der Waals surface area contributed by atoms with Crippen LogP contribution in [0.2, 0.25) is 0 Å². The Labute approximate surface area is 337 Å². The summed E-state index contributed by atoms with van der Waals surface area (Å²) in [6, 6.07) is 0. The number of phosphoric acid groups is 1. The maximum Gasteiger partial charge on any atom is 0.472 e. The number of nitrogens with two attached hydrogens (primary N) is 1. The quantitative estimate of drug-likeness (QED) is 0.0268. The van der Waals surface area contributed by atoms with Gasteiger partial charge in [0.1, 0.15) is 6.61 Å². The third kappa shape index (κ3) is 41.7. The number of allylic oxidation sites excluding steroid dienone is 6. The summed E-state index contributed by atoms with van der Waals surface area (Å²) in [7, 11) is -4.38. The molecule has 0 saturated carbocycles. The van der Waals surface area contributed by atoms with E-state index in [0.717, 1.165) is 70.6 Å². The van der Waals surface area contributed by atoms with Crippen LogP contribution < -0.4 is 5.73 Å². The van der Waals surface area contributed by atoms with E-state index < -0.39 is 32.5 Å². The fourth-order valence-electron chi connectivity index (χ4n) is 6.13. The molecule has 0 aliphatic heterocycles. The van der Waals surface area contributed by atoms with E-state index >= 15 is 0 Å². The van der Waals surface area contributed by atoms with Gasteiger partial charge >= 0.3 is 19.8 Å². The van der Waals surface area contributed by atoms with Crippen molar-refractivity contribution < 1.29 is 37.6 Å². The van der Waals surface area contributed by atoms with Gasteiger partial charge in [0.15, 0.2) is 6.10 Å². The van der Waals surface area contributed by atoms with Crippen LogP contribution in [0.5, 0.6) is 0 Å². The van der Waals surface area contributed by atoms with Gasteiger partial charge in [-0.05, 0) is 70.6 Å². The Balaban J connectivity index is 4.11. The van der Waals surface area contributed by atoms with E-state index in [1.807, 2.05) is 0 Å². The van der Waals surface area contributed by atoms with E-state index in [1.54, 1.807) is 0 Å². The standard InChI is InChI=1S/C45H84NO8P/c1-3-5-7-9-11-13-15-17-18-19-20-21-22-23-24-26-28-30-32-34-36-38-45(48)54-43(42-53-55(49,50)52-40-39-46)41-51-44(47)37-35-33-31-29-27-25-16-14-12-10-8-6-4-2/h14-17,19-20,43H,3-13,18,21-42,46H2,1-2H3,(H,49,50)/b16-14-,17-15-,20-19-. The van der Waals surface area contributed by atoms with Crippen LogP contribution in [0.25, 0.3) is 0 Å². The second-order valence-electron chi connectivity index (χ2n) is 14.9. The minimum absolute atomic E-state index is 0.0514. The number of phosphoric ester groups is 1. The minimum atomic E-state index is -4.38. The van der Waals surface area contributed by atoms with Crippen LogP contribution in [0.4, 0.5) is 0 Å². The van der Waals surface area contributed by atoms with Gasteiger partial charge < -0.3 is 20.1 Å². The molecule has 0 spiro atoms. The van der Waals surface area contributed by atoms with E-state index in [-0.39, 0.29) is 32.6 Å². The third-order valence-corrected chi connectivity index (χ3v) is 10.5. The molecule has 55 heavy (non-hydrogen) atoms. The highest BCUT2D eigenvalue weighted by atomic mass is 31.2. The first-order valence-electron chi connectivity index (χ1n) is 22.5. The lowest BCUT2D eigenvalue weighted by Gasteiger charge is -2.19. The van der Waals surface area contributed by atoms with Gasteiger partial charge in [-0.25, -0.2) is 4.57 Å². The summed E-state index contributed by atoms with van der Waals surface area (Å²) in [5, 5.41) is 0. The molecule has 322 valence electrons. The van der Waals surface area contributed by atoms with Crippen molar-refractivity contribution in [1.82, 2.24) is 0 Å². The predicted octanol–water partition coefficient (Wildman–Crippen LogP) is 12.9. The molecule has 3 N–H and O–H groups in total. The Morgan fingerprint density at radius 1 is 0.545 bits per heavy atom. The SMILES string of the molecule is CCCCCC/C=C\CCCCCCCC(=O)OCC(COP(=O)(O)OCCN)OC(=O)CCCCCCCCCCC/C=C\C/C=C\CCCCCCC. The van der Waals surface area contributed by atoms with Gasteiger partial charge in [0, 0.05) is 19.4 Å². The van der Waals surface area contributed by atoms with E-state index in [1.165, 1.54) is 103 Å². The van der Waals surface area contributed by atoms with Crippen molar-refractivity contribution >= 4 is 19.8 Å². The van der Waals surface area contributed by atoms with Crippen LogP contribution in [-0.2, 0) is 32.7 Å². The van der Waals surface area contributed by atoms with E-state index in [0.29, 0.717) is 6.42 Å². The molecule has 10 heteroatoms. The molecule has 2 unspecified atom stereocenters. The largest absolute Gasteiger partial charge is 0.472 e. The molecule has 0 amide bonds. The fraction of sp³-hybridized carbons (Fsp3) is 0.822. The molecule has 0 radical (unpaired) electrons. The Morgan fingerprint density at radius 3 is 1.42 bits per heavy atom. The van der Waals surface area contributed by atoms with Crippen molar-refractivity contribution in [2.45, 2.75) is 213 Å². The third-order valence-electron chi connectivity index (χ3n) is 9.50. The molecule has 0 saturated heterocycles. The number of ether oxygens (including phenoxy) is 2. The number of hydrogen-bond donors (Lipinski definition) is 2. The summed E-state index contributed by atoms with van der Waals surface area (Å²) in [4.78, 5) is 34.9. The minimum Gasteiger partial charge on any atom is -0.462 e. The monoisotopic (exact) mass is 798 g/mol. The predicted molar refractivity (Wildman–Crippen MR) is 229 cm³/mol. The second kappa shape index (κ2) is 41.9. The Hall–Kier alpha value is -1.77. The highest BCUT2D eigenvalue weighted by Gasteiger charge is 2.26. The van der Waals surface area contributed by atoms with Crippen molar-refractivity contribution in [3.05, 3.63) is 36.5 Å². The summed E-state index contributed by atoms with van der Waals surface area (Å²) in [5.74, 6) is -0.841. The molecule has 2 atom stereocenters. The number of carbonyl (C=O) groups is 2. The zero-order chi connectivity index (χ0) is 40.3. The summed E-state index contributed by atoms with van der Waals surface area (Å²) in [6.07, 6.45) is 46.0. The maximum absolute atomic E-state index is 12.6. The molecular formula is C45H84NO8P. The molecule has 0 aliphatic carbocycles. The van der Waals surface area contributed by atoms with Crippen molar-refractivity contribution in [2.75, 3.05) is 26.4 Å². The normalized spacial score (nSPS) is 13.6. The lowest BCUT2D eigenvalue weighted by Crippen LogP contribution is -2.29. The highest BCUT2D eigenvalue weighted by molar-refractivity contribution is 7.47. The summed E-state index contributed by atoms with van der Waals surface area (Å²) >= 11 is 0. The first kappa shape index (κ1) is 53.2. The topological polar surface area (TPSA) is 134 Å². The molecule has 0 rings (SSSR count). The Kier molecular flexibility index (Phi) is 40.5. The lowest BCUT2D eigenvalue weighted by molar-refractivity contribution is -0.161. The average molecular weight is 798 g/mol. The first-order valence-corrected chi connectivity index (χ1v) is 24.0. The molecule has 0 aromatic heterocycles. The van der Waals surface area contributed by atoms with E-state index in [2.05, 4.69) is 50.3 Å². The molecule has 0 aromatic rings. The number of unbranched alkanes of at least 4 members (excludes halogenated alkanes) is 23. The van der Waals surface area contributed by atoms with Gasteiger partial charge in [0.05, 0.1) is 13.2 Å². The van der Waals surface area contributed by atoms with Crippen LogP contribution in [-0.4, -0.2) is 49.3 Å². The molecular weight excluding hydrogens is 713 g/mol. The maximum atomic E-state index is 12.6. The fourth-order valence-corrected chi connectivity index (χ4v) is 6.89. The smallest absolute Gasteiger partial charge is 0.462 e. The molecule has 9 nitrogen and oxygen atoms in total. The van der Waals surface area contributed by atoms with Crippen LogP contribution in [0.1, 0.15) is 206 Å². The van der Waals surface area contributed by atoms with Gasteiger partial charge in [-0.1, -0.05) is 159 Å². The number of carbonyl (C=O) groups excluding carboxylic acids is 2. The second-order valence-corrected chi connectivity index (χ2v) is 16.4. The van der Waals surface area contributed by atoms with Gasteiger partial charge in [0.25, 0.3) is 0 Å². The van der Waals surface area contributed by atoms with Crippen molar-refractivity contribution in [1.29, 1.82) is 0 Å². The van der Waals surface area contributed by atoms with Crippen LogP contribution in [0, 0.1) is 0 Å². The number of hydrogen-bond acceptors (Lipinski definition) is 8. The van der Waals surface area contributed by atoms with Crippen LogP contribution >= 0.6 is 7.82 Å².